The summed E-state index contributed by atoms with van der Waals surface area (Å²) in [5, 5.41) is 7.51. The third kappa shape index (κ3) is 4.25. The molecule has 3 aromatic rings. The maximum Gasteiger partial charge on any atom is 0.503 e. The molecule has 0 unspecified atom stereocenters. The fourth-order valence-electron chi connectivity index (χ4n) is 2.39. The van der Waals surface area contributed by atoms with E-state index in [2.05, 4.69) is 25.5 Å². The molecule has 1 aromatic carbocycles. The molecule has 0 bridgehead atoms. The number of aromatic nitrogens is 4. The number of pyridine rings is 1. The van der Waals surface area contributed by atoms with Crippen LogP contribution in [0.15, 0.2) is 47.6 Å². The molecule has 13 heteroatoms. The number of nitrogens with one attached hydrogen (secondary N) is 2. The Bertz CT molecular complexity index is 1160. The molecule has 0 aliphatic carbocycles. The zero-order chi connectivity index (χ0) is 21.9. The Kier molecular flexibility index (Phi) is 5.73. The van der Waals surface area contributed by atoms with Gasteiger partial charge >= 0.3 is 5.51 Å². The number of hydrogen-bond acceptors (Lipinski definition) is 7. The second-order valence-electron chi connectivity index (χ2n) is 5.82. The van der Waals surface area contributed by atoms with Crippen molar-refractivity contribution in [2.45, 2.75) is 17.1 Å². The van der Waals surface area contributed by atoms with Crippen molar-refractivity contribution in [3.8, 4) is 17.1 Å². The highest BCUT2D eigenvalue weighted by Gasteiger charge is 2.49. The summed E-state index contributed by atoms with van der Waals surface area (Å²) in [4.78, 5) is 19.7. The summed E-state index contributed by atoms with van der Waals surface area (Å²) in [5.74, 6) is 0.109. The first-order valence-electron chi connectivity index (χ1n) is 8.24. The van der Waals surface area contributed by atoms with E-state index in [0.717, 1.165) is 18.3 Å². The van der Waals surface area contributed by atoms with Gasteiger partial charge in [-0.05, 0) is 36.4 Å². The summed E-state index contributed by atoms with van der Waals surface area (Å²) < 4.78 is 66.9. The van der Waals surface area contributed by atoms with E-state index in [1.807, 2.05) is 0 Å². The number of benzene rings is 1. The molecule has 30 heavy (non-hydrogen) atoms. The number of aromatic amines is 1. The van der Waals surface area contributed by atoms with Gasteiger partial charge in [0.2, 0.25) is 0 Å². The number of H-pyrrole nitrogens is 1. The van der Waals surface area contributed by atoms with Gasteiger partial charge in [0.05, 0.1) is 19.2 Å². The molecule has 0 radical (unpaired) electrons. The first kappa shape index (κ1) is 21.2. The van der Waals surface area contributed by atoms with Gasteiger partial charge in [-0.2, -0.15) is 18.3 Å². The Balaban J connectivity index is 1.75. The number of alkyl halides is 3. The van der Waals surface area contributed by atoms with Crippen LogP contribution in [0.1, 0.15) is 16.2 Å². The van der Waals surface area contributed by atoms with E-state index < -0.39 is 31.8 Å². The van der Waals surface area contributed by atoms with Crippen molar-refractivity contribution in [1.29, 1.82) is 0 Å². The van der Waals surface area contributed by atoms with Crippen LogP contribution in [0.4, 0.5) is 13.2 Å². The number of methoxy groups -OCH3 is 1. The number of ether oxygens (including phenoxy) is 1. The fourth-order valence-corrected chi connectivity index (χ4v) is 3.26. The van der Waals surface area contributed by atoms with Crippen molar-refractivity contribution >= 4 is 15.7 Å². The molecule has 2 N–H and O–H groups in total. The fraction of sp³-hybridized carbons (Fsp3) is 0.176. The van der Waals surface area contributed by atoms with Gasteiger partial charge in [0.1, 0.15) is 11.6 Å². The van der Waals surface area contributed by atoms with E-state index in [0.29, 0.717) is 17.1 Å². The average molecular weight is 441 g/mol. The minimum absolute atomic E-state index is 0.207. The van der Waals surface area contributed by atoms with Crippen LogP contribution in [0.2, 0.25) is 0 Å². The van der Waals surface area contributed by atoms with Crippen molar-refractivity contribution in [3.05, 3.63) is 54.0 Å². The monoisotopic (exact) mass is 441 g/mol. The Morgan fingerprint density at radius 1 is 1.20 bits per heavy atom. The zero-order valence-corrected chi connectivity index (χ0v) is 16.1. The second-order valence-corrected chi connectivity index (χ2v) is 7.68. The summed E-state index contributed by atoms with van der Waals surface area (Å²) in [7, 11) is -4.27. The van der Waals surface area contributed by atoms with E-state index >= 15 is 0 Å². The highest BCUT2D eigenvalue weighted by Crippen LogP contribution is 2.30. The van der Waals surface area contributed by atoms with Crippen molar-refractivity contribution in [2.24, 2.45) is 0 Å². The Labute approximate surface area is 168 Å². The van der Waals surface area contributed by atoms with Gasteiger partial charge in [-0.3, -0.25) is 9.89 Å². The van der Waals surface area contributed by atoms with Crippen LogP contribution in [-0.2, 0) is 16.4 Å². The Hall–Kier alpha value is -3.48. The summed E-state index contributed by atoms with van der Waals surface area (Å²) in [6.45, 7) is -0.234. The van der Waals surface area contributed by atoms with Gasteiger partial charge in [0.15, 0.2) is 10.9 Å². The van der Waals surface area contributed by atoms with Gasteiger partial charge in [-0.1, -0.05) is 0 Å². The summed E-state index contributed by atoms with van der Waals surface area (Å²) in [6.07, 6.45) is 0.854. The number of hydrogen-bond donors (Lipinski definition) is 2. The van der Waals surface area contributed by atoms with E-state index in [1.165, 1.54) is 7.11 Å². The number of nitrogens with zero attached hydrogens (tertiary/aromatic N) is 3. The minimum atomic E-state index is -5.79. The van der Waals surface area contributed by atoms with Gasteiger partial charge in [-0.25, -0.2) is 18.4 Å². The molecule has 0 fully saturated rings. The molecule has 0 spiro atoms. The highest BCUT2D eigenvalue weighted by atomic mass is 32.2. The third-order valence-corrected chi connectivity index (χ3v) is 5.32. The third-order valence-electron chi connectivity index (χ3n) is 3.87. The van der Waals surface area contributed by atoms with Crippen molar-refractivity contribution in [1.82, 2.24) is 25.5 Å². The molecular weight excluding hydrogens is 427 g/mol. The number of sulfone groups is 1. The normalized spacial score (nSPS) is 11.9. The maximum absolute atomic E-state index is 12.8. The summed E-state index contributed by atoms with van der Waals surface area (Å²) in [6, 6.07) is 8.93. The smallest absolute Gasteiger partial charge is 0.497 e. The maximum atomic E-state index is 12.8. The number of halogens is 3. The van der Waals surface area contributed by atoms with Crippen molar-refractivity contribution in [3.63, 3.8) is 0 Å². The molecule has 1 amide bonds. The van der Waals surface area contributed by atoms with E-state index in [9.17, 15) is 26.4 Å². The summed E-state index contributed by atoms with van der Waals surface area (Å²) >= 11 is 0. The molecule has 0 atom stereocenters. The molecule has 0 saturated heterocycles. The number of carbonyl (C=O) groups is 1. The highest BCUT2D eigenvalue weighted by molar-refractivity contribution is 7.92. The van der Waals surface area contributed by atoms with Crippen LogP contribution < -0.4 is 10.1 Å². The molecule has 3 rings (SSSR count). The molecule has 158 valence electrons. The first-order valence-corrected chi connectivity index (χ1v) is 9.72. The topological polar surface area (TPSA) is 127 Å². The second kappa shape index (κ2) is 8.10. The van der Waals surface area contributed by atoms with Crippen LogP contribution in [0.5, 0.6) is 5.75 Å². The SMILES string of the molecule is COc1ccc(-c2n[nH]c(CNC(=O)c3cccnc3S(=O)(=O)C(F)(F)F)n2)cc1. The van der Waals surface area contributed by atoms with Gasteiger partial charge in [0, 0.05) is 11.8 Å². The van der Waals surface area contributed by atoms with Crippen molar-refractivity contribution in [2.75, 3.05) is 7.11 Å². The predicted molar refractivity (Wildman–Crippen MR) is 97.0 cm³/mol. The lowest BCUT2D eigenvalue weighted by atomic mass is 10.2. The Morgan fingerprint density at radius 2 is 1.90 bits per heavy atom. The van der Waals surface area contributed by atoms with Crippen molar-refractivity contribution < 1.29 is 31.1 Å². The van der Waals surface area contributed by atoms with Crippen LogP contribution >= 0.6 is 0 Å². The van der Waals surface area contributed by atoms with Gasteiger partial charge < -0.3 is 10.1 Å². The van der Waals surface area contributed by atoms with Gasteiger partial charge in [0.25, 0.3) is 15.7 Å². The van der Waals surface area contributed by atoms with Crippen LogP contribution in [0.25, 0.3) is 11.4 Å². The number of rotatable bonds is 6. The van der Waals surface area contributed by atoms with E-state index in [-0.39, 0.29) is 12.4 Å². The van der Waals surface area contributed by atoms with E-state index in [4.69, 9.17) is 4.74 Å². The zero-order valence-electron chi connectivity index (χ0n) is 15.3. The number of carbonyl (C=O) groups excluding carboxylic acids is 1. The van der Waals surface area contributed by atoms with Crippen LogP contribution in [0.3, 0.4) is 0 Å². The van der Waals surface area contributed by atoms with Gasteiger partial charge in [-0.15, -0.1) is 0 Å². The minimum Gasteiger partial charge on any atom is -0.497 e. The lowest BCUT2D eigenvalue weighted by Gasteiger charge is -2.11. The average Bonchev–Trinajstić information content (AvgIpc) is 3.20. The lowest BCUT2D eigenvalue weighted by molar-refractivity contribution is -0.0438. The molecule has 2 aromatic heterocycles. The first-order chi connectivity index (χ1) is 14.1. The number of amides is 1. The largest absolute Gasteiger partial charge is 0.503 e. The summed E-state index contributed by atoms with van der Waals surface area (Å²) in [5.41, 5.74) is -5.66. The lowest BCUT2D eigenvalue weighted by Crippen LogP contribution is -2.30. The molecule has 9 nitrogen and oxygen atoms in total. The van der Waals surface area contributed by atoms with E-state index in [1.54, 1.807) is 24.3 Å². The Morgan fingerprint density at radius 3 is 2.53 bits per heavy atom. The molecule has 0 saturated carbocycles. The predicted octanol–water partition coefficient (Wildman–Crippen LogP) is 2.10. The molecule has 2 heterocycles. The van der Waals surface area contributed by atoms with Crippen LogP contribution in [-0.4, -0.2) is 47.1 Å². The molecular formula is C17H14F3N5O4S. The quantitative estimate of drug-likeness (QED) is 0.600. The molecule has 0 aliphatic rings. The van der Waals surface area contributed by atoms with Crippen LogP contribution in [0, 0.1) is 0 Å². The standard InChI is InChI=1S/C17H14F3N5O4S/c1-29-11-6-4-10(5-7-11)14-23-13(24-25-14)9-22-15(26)12-3-2-8-21-16(12)30(27,28)17(18,19)20/h2-8H,9H2,1H3,(H,22,26)(H,23,24,25). The molecule has 0 aliphatic heterocycles.